The summed E-state index contributed by atoms with van der Waals surface area (Å²) in [5.74, 6) is 0.420. The molecule has 0 aliphatic carbocycles. The molecule has 1 aromatic carbocycles. The Morgan fingerprint density at radius 3 is 2.81 bits per heavy atom. The molecule has 1 aromatic rings. The minimum atomic E-state index is 0.143. The van der Waals surface area contributed by atoms with Crippen molar-refractivity contribution in [2.24, 2.45) is 0 Å². The Morgan fingerprint density at radius 1 is 1.44 bits per heavy atom. The van der Waals surface area contributed by atoms with Crippen molar-refractivity contribution in [3.8, 4) is 0 Å². The van der Waals surface area contributed by atoms with Gasteiger partial charge in [0.05, 0.1) is 6.61 Å². The van der Waals surface area contributed by atoms with Gasteiger partial charge in [-0.2, -0.15) is 0 Å². The molecule has 1 N–H and O–H groups in total. The highest BCUT2D eigenvalue weighted by atomic mass is 16.5. The third-order valence-electron chi connectivity index (χ3n) is 3.15. The second kappa shape index (κ2) is 4.66. The molecule has 0 radical (unpaired) electrons. The van der Waals surface area contributed by atoms with Crippen molar-refractivity contribution in [3.05, 3.63) is 35.4 Å². The Morgan fingerprint density at radius 2 is 2.19 bits per heavy atom. The van der Waals surface area contributed by atoms with Gasteiger partial charge < -0.3 is 10.1 Å². The number of hydrogen-bond donors (Lipinski definition) is 1. The number of nitrogens with one attached hydrogen (secondary N) is 1. The lowest BCUT2D eigenvalue weighted by Crippen LogP contribution is -2.24. The Hall–Kier alpha value is -1.35. The van der Waals surface area contributed by atoms with E-state index in [1.54, 1.807) is 7.11 Å². The molecule has 1 fully saturated rings. The summed E-state index contributed by atoms with van der Waals surface area (Å²) in [6.07, 6.45) is 0.585. The highest BCUT2D eigenvalue weighted by Crippen LogP contribution is 2.30. The highest BCUT2D eigenvalue weighted by molar-refractivity contribution is 5.80. The van der Waals surface area contributed by atoms with Crippen LogP contribution < -0.4 is 5.32 Å². The van der Waals surface area contributed by atoms with Gasteiger partial charge in [-0.15, -0.1) is 0 Å². The van der Waals surface area contributed by atoms with Crippen LogP contribution in [0.25, 0.3) is 0 Å². The molecule has 0 spiro atoms. The summed E-state index contributed by atoms with van der Waals surface area (Å²) in [6.45, 7) is 2.66. The van der Waals surface area contributed by atoms with E-state index in [4.69, 9.17) is 4.74 Å². The quantitative estimate of drug-likeness (QED) is 0.842. The number of benzene rings is 1. The fourth-order valence-corrected chi connectivity index (χ4v) is 2.35. The SMILES string of the molecule is COCc1ccccc1C1CC(=O)NC1C. The van der Waals surface area contributed by atoms with Gasteiger partial charge in [-0.3, -0.25) is 4.79 Å². The van der Waals surface area contributed by atoms with Crippen molar-refractivity contribution in [1.29, 1.82) is 0 Å². The average molecular weight is 219 g/mol. The zero-order valence-corrected chi connectivity index (χ0v) is 9.69. The predicted molar refractivity (Wildman–Crippen MR) is 62.1 cm³/mol. The van der Waals surface area contributed by atoms with Gasteiger partial charge in [-0.25, -0.2) is 0 Å². The van der Waals surface area contributed by atoms with Gasteiger partial charge in [0.1, 0.15) is 0 Å². The maximum atomic E-state index is 11.4. The van der Waals surface area contributed by atoms with E-state index < -0.39 is 0 Å². The Labute approximate surface area is 95.8 Å². The third-order valence-corrected chi connectivity index (χ3v) is 3.15. The molecule has 2 rings (SSSR count). The van der Waals surface area contributed by atoms with Crippen LogP contribution in [0.5, 0.6) is 0 Å². The summed E-state index contributed by atoms with van der Waals surface area (Å²) in [6, 6.07) is 8.39. The van der Waals surface area contributed by atoms with E-state index in [2.05, 4.69) is 24.4 Å². The number of amides is 1. The van der Waals surface area contributed by atoms with Crippen molar-refractivity contribution in [1.82, 2.24) is 5.32 Å². The lowest BCUT2D eigenvalue weighted by molar-refractivity contribution is -0.119. The normalized spacial score (nSPS) is 24.5. The first-order valence-corrected chi connectivity index (χ1v) is 5.58. The van der Waals surface area contributed by atoms with Crippen LogP contribution in [0, 0.1) is 0 Å². The number of ether oxygens (including phenoxy) is 1. The highest BCUT2D eigenvalue weighted by Gasteiger charge is 2.31. The zero-order chi connectivity index (χ0) is 11.5. The molecule has 1 amide bonds. The minimum Gasteiger partial charge on any atom is -0.380 e. The smallest absolute Gasteiger partial charge is 0.220 e. The van der Waals surface area contributed by atoms with Crippen molar-refractivity contribution in [2.45, 2.75) is 31.9 Å². The first-order chi connectivity index (χ1) is 7.72. The van der Waals surface area contributed by atoms with Crippen LogP contribution >= 0.6 is 0 Å². The Balaban J connectivity index is 2.28. The van der Waals surface area contributed by atoms with Crippen LogP contribution in [-0.4, -0.2) is 19.1 Å². The lowest BCUT2D eigenvalue weighted by atomic mass is 9.89. The van der Waals surface area contributed by atoms with E-state index in [-0.39, 0.29) is 17.9 Å². The maximum Gasteiger partial charge on any atom is 0.220 e. The summed E-state index contributed by atoms with van der Waals surface area (Å²) >= 11 is 0. The van der Waals surface area contributed by atoms with Gasteiger partial charge in [0, 0.05) is 25.5 Å². The van der Waals surface area contributed by atoms with Crippen LogP contribution in [0.1, 0.15) is 30.4 Å². The van der Waals surface area contributed by atoms with E-state index in [9.17, 15) is 4.79 Å². The number of carbonyl (C=O) groups is 1. The molecule has 16 heavy (non-hydrogen) atoms. The van der Waals surface area contributed by atoms with E-state index in [1.165, 1.54) is 11.1 Å². The van der Waals surface area contributed by atoms with Gasteiger partial charge in [0.25, 0.3) is 0 Å². The molecule has 2 atom stereocenters. The van der Waals surface area contributed by atoms with Crippen LogP contribution in [-0.2, 0) is 16.1 Å². The van der Waals surface area contributed by atoms with Gasteiger partial charge in [-0.05, 0) is 18.1 Å². The first kappa shape index (κ1) is 11.1. The largest absolute Gasteiger partial charge is 0.380 e. The molecule has 0 bridgehead atoms. The van der Waals surface area contributed by atoms with Crippen molar-refractivity contribution < 1.29 is 9.53 Å². The molecule has 0 saturated carbocycles. The molecule has 3 nitrogen and oxygen atoms in total. The molecule has 3 heteroatoms. The molecule has 0 aromatic heterocycles. The second-order valence-corrected chi connectivity index (χ2v) is 4.30. The number of carbonyl (C=O) groups excluding carboxylic acids is 1. The van der Waals surface area contributed by atoms with Crippen molar-refractivity contribution in [2.75, 3.05) is 7.11 Å². The summed E-state index contributed by atoms with van der Waals surface area (Å²) in [5, 5.41) is 2.95. The van der Waals surface area contributed by atoms with Crippen LogP contribution in [0.2, 0.25) is 0 Å². The second-order valence-electron chi connectivity index (χ2n) is 4.30. The average Bonchev–Trinajstić information content (AvgIpc) is 2.59. The molecular weight excluding hydrogens is 202 g/mol. The fourth-order valence-electron chi connectivity index (χ4n) is 2.35. The topological polar surface area (TPSA) is 38.3 Å². The lowest BCUT2D eigenvalue weighted by Gasteiger charge is -2.18. The van der Waals surface area contributed by atoms with Gasteiger partial charge in [0.15, 0.2) is 0 Å². The predicted octanol–water partition coefficient (Wildman–Crippen LogP) is 1.82. The van der Waals surface area contributed by atoms with Crippen molar-refractivity contribution >= 4 is 5.91 Å². The number of hydrogen-bond acceptors (Lipinski definition) is 2. The number of methoxy groups -OCH3 is 1. The van der Waals surface area contributed by atoms with E-state index in [0.717, 1.165) is 0 Å². The summed E-state index contributed by atoms with van der Waals surface area (Å²) in [5.41, 5.74) is 2.41. The standard InChI is InChI=1S/C13H17NO2/c1-9-12(7-13(15)14-9)11-6-4-3-5-10(11)8-16-2/h3-6,9,12H,7-8H2,1-2H3,(H,14,15). The zero-order valence-electron chi connectivity index (χ0n) is 9.69. The van der Waals surface area contributed by atoms with Gasteiger partial charge >= 0.3 is 0 Å². The van der Waals surface area contributed by atoms with E-state index in [0.29, 0.717) is 13.0 Å². The molecule has 1 saturated heterocycles. The summed E-state index contributed by atoms with van der Waals surface area (Å²) in [4.78, 5) is 11.4. The molecule has 1 aliphatic heterocycles. The molecular formula is C13H17NO2. The molecule has 2 unspecified atom stereocenters. The van der Waals surface area contributed by atoms with E-state index >= 15 is 0 Å². The van der Waals surface area contributed by atoms with Crippen LogP contribution in [0.15, 0.2) is 24.3 Å². The van der Waals surface area contributed by atoms with Gasteiger partial charge in [-0.1, -0.05) is 24.3 Å². The molecule has 86 valence electrons. The monoisotopic (exact) mass is 219 g/mol. The molecule has 1 heterocycles. The van der Waals surface area contributed by atoms with E-state index in [1.807, 2.05) is 12.1 Å². The summed E-state index contributed by atoms with van der Waals surface area (Å²) < 4.78 is 5.18. The fraction of sp³-hybridized carbons (Fsp3) is 0.462. The summed E-state index contributed by atoms with van der Waals surface area (Å²) in [7, 11) is 1.69. The van der Waals surface area contributed by atoms with Crippen LogP contribution in [0.3, 0.4) is 0 Å². The minimum absolute atomic E-state index is 0.143. The number of rotatable bonds is 3. The Bertz CT molecular complexity index is 389. The third kappa shape index (κ3) is 2.09. The van der Waals surface area contributed by atoms with Gasteiger partial charge in [0.2, 0.25) is 5.91 Å². The van der Waals surface area contributed by atoms with Crippen molar-refractivity contribution in [3.63, 3.8) is 0 Å². The maximum absolute atomic E-state index is 11.4. The first-order valence-electron chi connectivity index (χ1n) is 5.58. The molecule has 1 aliphatic rings. The Kier molecular flexibility index (Phi) is 3.25. The van der Waals surface area contributed by atoms with Crippen LogP contribution in [0.4, 0.5) is 0 Å².